The first-order valence-corrected chi connectivity index (χ1v) is 17.4. The van der Waals surface area contributed by atoms with Crippen molar-refractivity contribution in [1.29, 1.82) is 0 Å². The molecule has 2 nitrogen and oxygen atoms in total. The van der Waals surface area contributed by atoms with Crippen molar-refractivity contribution >= 4 is 34.7 Å². The van der Waals surface area contributed by atoms with Gasteiger partial charge in [0.1, 0.15) is 5.82 Å². The lowest BCUT2D eigenvalue weighted by Crippen LogP contribution is -2.31. The molecule has 2 aliphatic rings. The number of benzene rings is 5. The van der Waals surface area contributed by atoms with Crippen LogP contribution in [0, 0.1) is 0 Å². The molecule has 0 amide bonds. The van der Waals surface area contributed by atoms with Gasteiger partial charge in [-0.2, -0.15) is 0 Å². The largest absolute Gasteiger partial charge is 0.297 e. The van der Waals surface area contributed by atoms with E-state index in [0.717, 1.165) is 43.5 Å². The number of fused-ring (bicyclic) bond motifs is 3. The molecule has 0 spiro atoms. The summed E-state index contributed by atoms with van der Waals surface area (Å²) in [6.07, 6.45) is 20.9. The van der Waals surface area contributed by atoms with Gasteiger partial charge < -0.3 is 0 Å². The van der Waals surface area contributed by atoms with E-state index in [4.69, 9.17) is 4.98 Å². The molecule has 5 aromatic carbocycles. The van der Waals surface area contributed by atoms with Crippen molar-refractivity contribution in [3.63, 3.8) is 0 Å². The summed E-state index contributed by atoms with van der Waals surface area (Å²) < 4.78 is 2.37. The average molecular weight is 621 g/mol. The number of imidazole rings is 1. The third kappa shape index (κ3) is 5.28. The molecule has 0 N–H and O–H groups in total. The van der Waals surface area contributed by atoms with E-state index < -0.39 is 0 Å². The van der Waals surface area contributed by atoms with Crippen LogP contribution in [0.4, 0.5) is 0 Å². The van der Waals surface area contributed by atoms with Crippen LogP contribution in [0.5, 0.6) is 0 Å². The lowest BCUT2D eigenvalue weighted by atomic mass is 9.85. The Labute approximate surface area is 283 Å². The minimum Gasteiger partial charge on any atom is -0.297 e. The maximum atomic E-state index is 5.21. The second-order valence-corrected chi connectivity index (χ2v) is 12.7. The smallest absolute Gasteiger partial charge is 0.145 e. The Hall–Kier alpha value is -5.47. The average Bonchev–Trinajstić information content (AvgIpc) is 3.54. The van der Waals surface area contributed by atoms with Gasteiger partial charge in [0.2, 0.25) is 0 Å². The van der Waals surface area contributed by atoms with E-state index in [1.54, 1.807) is 0 Å². The van der Waals surface area contributed by atoms with Crippen LogP contribution in [0.3, 0.4) is 0 Å². The second kappa shape index (κ2) is 13.0. The van der Waals surface area contributed by atoms with Gasteiger partial charge in [0.25, 0.3) is 0 Å². The summed E-state index contributed by atoms with van der Waals surface area (Å²) >= 11 is 0. The Morgan fingerprint density at radius 3 is 1.96 bits per heavy atom. The predicted octanol–water partition coefficient (Wildman–Crippen LogP) is 10.8. The number of hydrogen-bond acceptors (Lipinski definition) is 1. The second-order valence-electron chi connectivity index (χ2n) is 12.7. The lowest BCUT2D eigenvalue weighted by Gasteiger charge is -2.18. The molecule has 234 valence electrons. The van der Waals surface area contributed by atoms with Crippen LogP contribution in [-0.2, 0) is 6.42 Å². The number of allylic oxidation sites excluding steroid dienone is 5. The monoisotopic (exact) mass is 620 g/mol. The molecule has 0 saturated carbocycles. The molecule has 1 aromatic heterocycles. The number of aryl methyl sites for hydroxylation is 1. The quantitative estimate of drug-likeness (QED) is 0.162. The first-order valence-electron chi connectivity index (χ1n) is 17.4. The van der Waals surface area contributed by atoms with Crippen molar-refractivity contribution in [1.82, 2.24) is 9.55 Å². The molecule has 0 saturated heterocycles. The highest BCUT2D eigenvalue weighted by atomic mass is 15.1. The molecule has 8 rings (SSSR count). The molecule has 0 radical (unpaired) electrons. The summed E-state index contributed by atoms with van der Waals surface area (Å²) in [4.78, 5) is 5.21. The Morgan fingerprint density at radius 1 is 0.688 bits per heavy atom. The molecule has 1 heterocycles. The van der Waals surface area contributed by atoms with E-state index >= 15 is 0 Å². The SMILES string of the molecule is C/C=C\C=C(/CC)n1c(-c2ccc(-c3ccc4c(-c5ccccc5)c5c(c(-c6ccccc6)c4c3)=CCCC=5)cc2)nc2c1C=CCC2. The van der Waals surface area contributed by atoms with Crippen molar-refractivity contribution in [2.45, 2.75) is 46.0 Å². The van der Waals surface area contributed by atoms with E-state index in [0.29, 0.717) is 0 Å². The minimum absolute atomic E-state index is 0.927. The molecule has 0 unspecified atom stereocenters. The Kier molecular flexibility index (Phi) is 8.08. The first-order chi connectivity index (χ1) is 23.7. The molecule has 2 heteroatoms. The van der Waals surface area contributed by atoms with Gasteiger partial charge in [-0.15, -0.1) is 0 Å². The van der Waals surface area contributed by atoms with Gasteiger partial charge in [0.05, 0.1) is 11.4 Å². The molecular weight excluding hydrogens is 581 g/mol. The number of hydrogen-bond donors (Lipinski definition) is 0. The molecule has 6 aromatic rings. The summed E-state index contributed by atoms with van der Waals surface area (Å²) in [5, 5.41) is 5.31. The van der Waals surface area contributed by atoms with Gasteiger partial charge in [0.15, 0.2) is 0 Å². The van der Waals surface area contributed by atoms with Crippen molar-refractivity contribution < 1.29 is 0 Å². The highest BCUT2D eigenvalue weighted by molar-refractivity contribution is 6.07. The van der Waals surface area contributed by atoms with Crippen LogP contribution in [0.15, 0.2) is 127 Å². The fraction of sp³-hybridized carbons (Fsp3) is 0.152. The van der Waals surface area contributed by atoms with Crippen molar-refractivity contribution in [3.05, 3.63) is 149 Å². The summed E-state index contributed by atoms with van der Waals surface area (Å²) in [7, 11) is 0. The van der Waals surface area contributed by atoms with Crippen LogP contribution in [0.2, 0.25) is 0 Å². The van der Waals surface area contributed by atoms with E-state index in [1.165, 1.54) is 71.7 Å². The van der Waals surface area contributed by atoms with Gasteiger partial charge >= 0.3 is 0 Å². The third-order valence-corrected chi connectivity index (χ3v) is 9.80. The molecule has 0 bridgehead atoms. The van der Waals surface area contributed by atoms with Gasteiger partial charge in [0, 0.05) is 11.3 Å². The molecular formula is C46H40N2. The van der Waals surface area contributed by atoms with Crippen LogP contribution >= 0.6 is 0 Å². The zero-order chi connectivity index (χ0) is 32.5. The topological polar surface area (TPSA) is 17.8 Å². The van der Waals surface area contributed by atoms with Gasteiger partial charge in [-0.1, -0.05) is 134 Å². The fourth-order valence-electron chi connectivity index (χ4n) is 7.52. The van der Waals surface area contributed by atoms with Crippen molar-refractivity contribution in [2.75, 3.05) is 0 Å². The Morgan fingerprint density at radius 2 is 1.31 bits per heavy atom. The Bertz CT molecular complexity index is 2350. The number of aromatic nitrogens is 2. The van der Waals surface area contributed by atoms with Gasteiger partial charge in [-0.25, -0.2) is 4.98 Å². The maximum Gasteiger partial charge on any atom is 0.145 e. The summed E-state index contributed by atoms with van der Waals surface area (Å²) in [6.45, 7) is 4.29. The van der Waals surface area contributed by atoms with E-state index in [-0.39, 0.29) is 0 Å². The summed E-state index contributed by atoms with van der Waals surface area (Å²) in [6, 6.07) is 38.0. The summed E-state index contributed by atoms with van der Waals surface area (Å²) in [5.41, 5.74) is 12.4. The summed E-state index contributed by atoms with van der Waals surface area (Å²) in [5.74, 6) is 1.02. The lowest BCUT2D eigenvalue weighted by molar-refractivity contribution is 0.933. The van der Waals surface area contributed by atoms with Gasteiger partial charge in [-0.05, 0) is 112 Å². The molecule has 48 heavy (non-hydrogen) atoms. The number of nitrogens with zero attached hydrogens (tertiary/aromatic N) is 2. The van der Waals surface area contributed by atoms with Crippen LogP contribution in [-0.4, -0.2) is 9.55 Å². The highest BCUT2D eigenvalue weighted by Gasteiger charge is 2.21. The normalized spacial score (nSPS) is 14.1. The first kappa shape index (κ1) is 29.9. The standard InChI is InChI=1S/C46H40N2/c1-3-5-20-37(4-2)48-43-24-15-14-23-42(43)47-46(48)35-27-25-32(26-28-35)36-29-30-40-41(31-36)45(34-18-10-7-11-19-34)39-22-13-12-21-38(39)44(40)33-16-8-6-9-17-33/h3,5-11,15-22,24-31H,4,12-14,23H2,1-2H3/b5-3-,37-20+. The van der Waals surface area contributed by atoms with Crippen LogP contribution < -0.4 is 10.4 Å². The van der Waals surface area contributed by atoms with E-state index in [9.17, 15) is 0 Å². The van der Waals surface area contributed by atoms with Crippen molar-refractivity contribution in [2.24, 2.45) is 0 Å². The van der Waals surface area contributed by atoms with Crippen LogP contribution in [0.25, 0.3) is 79.5 Å². The van der Waals surface area contributed by atoms with E-state index in [1.807, 2.05) is 0 Å². The molecule has 0 fully saturated rings. The molecule has 0 atom stereocenters. The highest BCUT2D eigenvalue weighted by Crippen LogP contribution is 2.36. The third-order valence-electron chi connectivity index (χ3n) is 9.80. The molecule has 2 aliphatic carbocycles. The predicted molar refractivity (Wildman–Crippen MR) is 206 cm³/mol. The fourth-order valence-corrected chi connectivity index (χ4v) is 7.52. The van der Waals surface area contributed by atoms with E-state index in [2.05, 4.69) is 164 Å². The zero-order valence-electron chi connectivity index (χ0n) is 27.8. The number of rotatable bonds is 7. The van der Waals surface area contributed by atoms with Crippen molar-refractivity contribution in [3.8, 4) is 44.8 Å². The zero-order valence-corrected chi connectivity index (χ0v) is 27.8. The van der Waals surface area contributed by atoms with Crippen LogP contribution in [0.1, 0.15) is 50.9 Å². The van der Waals surface area contributed by atoms with Gasteiger partial charge in [-0.3, -0.25) is 4.57 Å². The Balaban J connectivity index is 1.30. The molecule has 0 aliphatic heterocycles. The maximum absolute atomic E-state index is 5.21. The minimum atomic E-state index is 0.927.